The molecule has 0 spiro atoms. The van der Waals surface area contributed by atoms with Gasteiger partial charge in [0, 0.05) is 0 Å². The molecule has 0 amide bonds. The summed E-state index contributed by atoms with van der Waals surface area (Å²) in [5, 5.41) is 6.99. The third kappa shape index (κ3) is 4.19. The Balaban J connectivity index is 1.54. The molecule has 6 rings (SSSR count). The molecule has 36 heavy (non-hydrogen) atoms. The Morgan fingerprint density at radius 2 is 1.17 bits per heavy atom. The molecule has 0 heterocycles. The number of hydrogen-bond acceptors (Lipinski definition) is 1. The van der Waals surface area contributed by atoms with Gasteiger partial charge in [0.05, 0.1) is 0 Å². The fourth-order valence-corrected chi connectivity index (χ4v) is 13.0. The second-order valence-electron chi connectivity index (χ2n) is 8.91. The van der Waals surface area contributed by atoms with Crippen LogP contribution in [0.1, 0.15) is 11.1 Å². The molecule has 6 aromatic carbocycles. The van der Waals surface area contributed by atoms with Gasteiger partial charge in [0.25, 0.3) is 0 Å². The van der Waals surface area contributed by atoms with Crippen molar-refractivity contribution in [2.45, 2.75) is 6.92 Å². The van der Waals surface area contributed by atoms with Crippen LogP contribution in [0.2, 0.25) is 0 Å². The number of aryl methyl sites for hydroxylation is 1. The standard InChI is InChI=1S/C32H23Cl2NTe/c1-22-17-18-30(32(19-22)36(33,34)31-16-8-12-23-9-2-7-15-28(23)31)35-21-29-26-13-5-3-10-24(26)20-25-11-4-6-14-27(25)29/h2-21H,1H3. The summed E-state index contributed by atoms with van der Waals surface area (Å²) in [6.07, 6.45) is 1.98. The Morgan fingerprint density at radius 3 is 1.86 bits per heavy atom. The van der Waals surface area contributed by atoms with Gasteiger partial charge in [-0.15, -0.1) is 0 Å². The summed E-state index contributed by atoms with van der Waals surface area (Å²) in [5.74, 6) is 0. The molecule has 6 aromatic rings. The van der Waals surface area contributed by atoms with Crippen LogP contribution >= 0.6 is 17.9 Å². The van der Waals surface area contributed by atoms with Crippen LogP contribution in [-0.2, 0) is 0 Å². The normalized spacial score (nSPS) is 12.6. The molecule has 0 unspecified atom stereocenters. The summed E-state index contributed by atoms with van der Waals surface area (Å²) in [6.45, 7) is 2.07. The monoisotopic (exact) mass is 621 g/mol. The van der Waals surface area contributed by atoms with Crippen LogP contribution < -0.4 is 7.22 Å². The predicted molar refractivity (Wildman–Crippen MR) is 161 cm³/mol. The second kappa shape index (κ2) is 9.55. The van der Waals surface area contributed by atoms with Crippen molar-refractivity contribution in [2.75, 3.05) is 0 Å². The Bertz CT molecular complexity index is 1730. The molecule has 1 nitrogen and oxygen atoms in total. The van der Waals surface area contributed by atoms with Gasteiger partial charge in [-0.1, -0.05) is 0 Å². The van der Waals surface area contributed by atoms with Crippen LogP contribution in [0.5, 0.6) is 0 Å². The first-order valence-electron chi connectivity index (χ1n) is 11.8. The van der Waals surface area contributed by atoms with Crippen molar-refractivity contribution in [3.8, 4) is 0 Å². The number of rotatable bonds is 4. The molecule has 0 saturated heterocycles. The van der Waals surface area contributed by atoms with Crippen molar-refractivity contribution in [1.29, 1.82) is 0 Å². The molecule has 0 atom stereocenters. The van der Waals surface area contributed by atoms with E-state index in [1.165, 1.54) is 21.5 Å². The van der Waals surface area contributed by atoms with E-state index in [2.05, 4.69) is 97.9 Å². The van der Waals surface area contributed by atoms with E-state index in [9.17, 15) is 0 Å². The van der Waals surface area contributed by atoms with Gasteiger partial charge in [0.15, 0.2) is 0 Å². The van der Waals surface area contributed by atoms with Gasteiger partial charge in [0.1, 0.15) is 0 Å². The first kappa shape index (κ1) is 23.5. The van der Waals surface area contributed by atoms with Crippen LogP contribution in [-0.4, -0.2) is 22.2 Å². The molecule has 0 fully saturated rings. The number of hydrogen-bond donors (Lipinski definition) is 0. The van der Waals surface area contributed by atoms with E-state index in [4.69, 9.17) is 22.9 Å². The Hall–Kier alpha value is -2.86. The number of halogens is 2. The zero-order valence-corrected chi connectivity index (χ0v) is 23.5. The topological polar surface area (TPSA) is 12.4 Å². The molecule has 0 bridgehead atoms. The summed E-state index contributed by atoms with van der Waals surface area (Å²) >= 11 is -3.79. The molecular weight excluding hydrogens is 597 g/mol. The quantitative estimate of drug-likeness (QED) is 0.107. The van der Waals surface area contributed by atoms with Crippen molar-refractivity contribution in [1.82, 2.24) is 0 Å². The summed E-state index contributed by atoms with van der Waals surface area (Å²) < 4.78 is 2.00. The fourth-order valence-electron chi connectivity index (χ4n) is 4.79. The van der Waals surface area contributed by atoms with Crippen molar-refractivity contribution in [3.05, 3.63) is 126 Å². The van der Waals surface area contributed by atoms with Crippen LogP contribution in [0.25, 0.3) is 32.3 Å². The van der Waals surface area contributed by atoms with Crippen molar-refractivity contribution in [3.63, 3.8) is 0 Å². The molecule has 176 valence electrons. The third-order valence-electron chi connectivity index (χ3n) is 6.56. The van der Waals surface area contributed by atoms with Gasteiger partial charge in [-0.25, -0.2) is 0 Å². The molecule has 0 aromatic heterocycles. The van der Waals surface area contributed by atoms with E-state index in [0.717, 1.165) is 34.8 Å². The molecule has 4 heteroatoms. The Labute approximate surface area is 222 Å². The van der Waals surface area contributed by atoms with Crippen molar-refractivity contribution >= 4 is 85.3 Å². The first-order chi connectivity index (χ1) is 17.5. The average Bonchev–Trinajstić information content (AvgIpc) is 2.91. The Kier molecular flexibility index (Phi) is 6.24. The zero-order valence-electron chi connectivity index (χ0n) is 19.7. The Morgan fingerprint density at radius 1 is 0.583 bits per heavy atom. The van der Waals surface area contributed by atoms with Gasteiger partial charge >= 0.3 is 224 Å². The first-order valence-corrected chi connectivity index (χ1v) is 20.0. The minimum atomic E-state index is -3.79. The molecule has 0 N–H and O–H groups in total. The van der Waals surface area contributed by atoms with Crippen LogP contribution in [0.15, 0.2) is 120 Å². The number of aliphatic imine (C=N–C) groups is 1. The van der Waals surface area contributed by atoms with E-state index < -0.39 is 15.9 Å². The van der Waals surface area contributed by atoms with Crippen LogP contribution in [0.3, 0.4) is 0 Å². The predicted octanol–water partition coefficient (Wildman–Crippen LogP) is 8.24. The van der Waals surface area contributed by atoms with Crippen molar-refractivity contribution in [2.24, 2.45) is 4.99 Å². The zero-order chi connectivity index (χ0) is 24.7. The molecule has 0 saturated carbocycles. The maximum absolute atomic E-state index is 7.40. The van der Waals surface area contributed by atoms with Crippen LogP contribution in [0, 0.1) is 6.92 Å². The van der Waals surface area contributed by atoms with Gasteiger partial charge in [-0.2, -0.15) is 0 Å². The van der Waals surface area contributed by atoms with Crippen LogP contribution in [0.4, 0.5) is 5.69 Å². The molecule has 0 radical (unpaired) electrons. The number of fused-ring (bicyclic) bond motifs is 3. The molecule has 0 aliphatic heterocycles. The van der Waals surface area contributed by atoms with Gasteiger partial charge < -0.3 is 0 Å². The van der Waals surface area contributed by atoms with E-state index in [-0.39, 0.29) is 0 Å². The minimum absolute atomic E-state index is 0.830. The van der Waals surface area contributed by atoms with E-state index in [0.29, 0.717) is 0 Å². The molecular formula is C32H23Cl2NTe. The third-order valence-corrected chi connectivity index (χ3v) is 16.1. The van der Waals surface area contributed by atoms with E-state index >= 15 is 0 Å². The van der Waals surface area contributed by atoms with Gasteiger partial charge in [0.2, 0.25) is 0 Å². The summed E-state index contributed by atoms with van der Waals surface area (Å²) in [5.41, 5.74) is 3.05. The SMILES string of the molecule is Cc1ccc(N=Cc2c3ccccc3cc3ccccc23)c([Te](Cl)(Cl)c2cccc3ccccc23)c1. The second-order valence-corrected chi connectivity index (χ2v) is 21.4. The number of nitrogens with zero attached hydrogens (tertiary/aromatic N) is 1. The van der Waals surface area contributed by atoms with E-state index in [1.54, 1.807) is 0 Å². The summed E-state index contributed by atoms with van der Waals surface area (Å²) in [6, 6.07) is 39.9. The van der Waals surface area contributed by atoms with Gasteiger partial charge in [-0.3, -0.25) is 0 Å². The molecule has 0 aliphatic carbocycles. The fraction of sp³-hybridized carbons (Fsp3) is 0.0312. The molecule has 0 aliphatic rings. The number of benzene rings is 6. The summed E-state index contributed by atoms with van der Waals surface area (Å²) in [7, 11) is 14.8. The van der Waals surface area contributed by atoms with Gasteiger partial charge in [-0.05, 0) is 0 Å². The maximum atomic E-state index is 7.40. The average molecular weight is 620 g/mol. The summed E-state index contributed by atoms with van der Waals surface area (Å²) in [4.78, 5) is 5.04. The van der Waals surface area contributed by atoms with E-state index in [1.807, 2.05) is 30.5 Å². The van der Waals surface area contributed by atoms with Crippen molar-refractivity contribution < 1.29 is 0 Å².